The van der Waals surface area contributed by atoms with Gasteiger partial charge in [-0.05, 0) is 38.5 Å². The standard InChI is InChI=1S/C22H34O2S2/c1-15-13-21(23,17-7-3-5-9-19(17)25-15)11-12-22(24)14-16(2)26-20-10-6-4-8-18(20)22/h15-20,23-24H,3-10,13-14H2,1-2H3. The van der Waals surface area contributed by atoms with Gasteiger partial charge in [-0.25, -0.2) is 0 Å². The van der Waals surface area contributed by atoms with E-state index in [4.69, 9.17) is 0 Å². The van der Waals surface area contributed by atoms with Crippen molar-refractivity contribution in [3.63, 3.8) is 0 Å². The Kier molecular flexibility index (Phi) is 5.66. The van der Waals surface area contributed by atoms with Crippen molar-refractivity contribution < 1.29 is 10.2 Å². The van der Waals surface area contributed by atoms with Crippen molar-refractivity contribution >= 4 is 23.5 Å². The van der Waals surface area contributed by atoms with E-state index >= 15 is 0 Å². The van der Waals surface area contributed by atoms with Crippen molar-refractivity contribution in [2.24, 2.45) is 11.8 Å². The minimum atomic E-state index is -0.899. The van der Waals surface area contributed by atoms with Crippen LogP contribution in [0, 0.1) is 23.7 Å². The summed E-state index contributed by atoms with van der Waals surface area (Å²) in [6.45, 7) is 4.46. The topological polar surface area (TPSA) is 40.5 Å². The predicted molar refractivity (Wildman–Crippen MR) is 113 cm³/mol. The lowest BCUT2D eigenvalue weighted by atomic mass is 9.71. The van der Waals surface area contributed by atoms with Gasteiger partial charge in [0.25, 0.3) is 0 Å². The molecule has 0 bridgehead atoms. The molecule has 4 rings (SSSR count). The van der Waals surface area contributed by atoms with Crippen LogP contribution >= 0.6 is 23.5 Å². The average molecular weight is 395 g/mol. The van der Waals surface area contributed by atoms with Crippen LogP contribution in [-0.2, 0) is 0 Å². The summed E-state index contributed by atoms with van der Waals surface area (Å²) in [5.41, 5.74) is -1.80. The van der Waals surface area contributed by atoms with Crippen LogP contribution in [0.2, 0.25) is 0 Å². The molecular formula is C22H34O2S2. The largest absolute Gasteiger partial charge is 0.377 e. The first kappa shape index (κ1) is 19.5. The smallest absolute Gasteiger partial charge is 0.130 e. The second-order valence-electron chi connectivity index (χ2n) is 9.26. The first-order chi connectivity index (χ1) is 12.4. The quantitative estimate of drug-likeness (QED) is 0.588. The normalized spacial score (nSPS) is 51.5. The summed E-state index contributed by atoms with van der Waals surface area (Å²) >= 11 is 4.12. The number of rotatable bonds is 0. The molecule has 2 nitrogen and oxygen atoms in total. The molecule has 0 aromatic carbocycles. The molecule has 0 aromatic heterocycles. The van der Waals surface area contributed by atoms with E-state index in [9.17, 15) is 10.2 Å². The molecule has 4 fully saturated rings. The van der Waals surface area contributed by atoms with Gasteiger partial charge in [0.1, 0.15) is 11.2 Å². The molecule has 8 unspecified atom stereocenters. The summed E-state index contributed by atoms with van der Waals surface area (Å²) in [5, 5.41) is 25.1. The van der Waals surface area contributed by atoms with Crippen LogP contribution in [0.1, 0.15) is 78.1 Å². The van der Waals surface area contributed by atoms with Crippen LogP contribution in [0.4, 0.5) is 0 Å². The van der Waals surface area contributed by atoms with Crippen molar-refractivity contribution in [3.05, 3.63) is 0 Å². The third-order valence-corrected chi connectivity index (χ3v) is 10.2. The van der Waals surface area contributed by atoms with Gasteiger partial charge in [-0.1, -0.05) is 51.4 Å². The van der Waals surface area contributed by atoms with E-state index in [0.29, 0.717) is 21.0 Å². The van der Waals surface area contributed by atoms with Crippen LogP contribution in [0.3, 0.4) is 0 Å². The highest BCUT2D eigenvalue weighted by Crippen LogP contribution is 2.50. The highest BCUT2D eigenvalue weighted by Gasteiger charge is 2.50. The van der Waals surface area contributed by atoms with Gasteiger partial charge in [-0.15, -0.1) is 0 Å². The Morgan fingerprint density at radius 2 is 1.08 bits per heavy atom. The van der Waals surface area contributed by atoms with Crippen LogP contribution in [0.25, 0.3) is 0 Å². The van der Waals surface area contributed by atoms with Gasteiger partial charge in [0, 0.05) is 32.8 Å². The Morgan fingerprint density at radius 1 is 0.692 bits per heavy atom. The molecule has 8 atom stereocenters. The summed E-state index contributed by atoms with van der Waals surface area (Å²) in [6, 6.07) is 0. The molecule has 2 N–H and O–H groups in total. The molecular weight excluding hydrogens is 360 g/mol. The summed E-state index contributed by atoms with van der Waals surface area (Å²) in [6.07, 6.45) is 11.1. The summed E-state index contributed by atoms with van der Waals surface area (Å²) in [5.74, 6) is 7.22. The molecule has 2 heterocycles. The SMILES string of the molecule is CC1CC(O)(C#CC2(O)CC(C)SC3CCCCC32)C2CCCCC2S1. The zero-order chi connectivity index (χ0) is 18.4. The Balaban J connectivity index is 1.61. The van der Waals surface area contributed by atoms with Gasteiger partial charge in [0.15, 0.2) is 0 Å². The zero-order valence-corrected chi connectivity index (χ0v) is 17.9. The maximum atomic E-state index is 11.5. The second kappa shape index (κ2) is 7.54. The lowest BCUT2D eigenvalue weighted by Gasteiger charge is -2.48. The van der Waals surface area contributed by atoms with Crippen LogP contribution in [-0.4, -0.2) is 42.4 Å². The molecule has 2 aliphatic carbocycles. The molecule has 0 spiro atoms. The van der Waals surface area contributed by atoms with Crippen LogP contribution < -0.4 is 0 Å². The fourth-order valence-corrected chi connectivity index (χ4v) is 9.59. The van der Waals surface area contributed by atoms with E-state index in [2.05, 4.69) is 49.2 Å². The first-order valence-corrected chi connectivity index (χ1v) is 12.6. The predicted octanol–water partition coefficient (Wildman–Crippen LogP) is 4.62. The maximum Gasteiger partial charge on any atom is 0.130 e. The number of hydrogen-bond acceptors (Lipinski definition) is 4. The van der Waals surface area contributed by atoms with Crippen molar-refractivity contribution in [3.8, 4) is 11.8 Å². The third kappa shape index (κ3) is 3.71. The van der Waals surface area contributed by atoms with Gasteiger partial charge in [-0.2, -0.15) is 23.5 Å². The van der Waals surface area contributed by atoms with Crippen molar-refractivity contribution in [1.29, 1.82) is 0 Å². The molecule has 2 saturated carbocycles. The van der Waals surface area contributed by atoms with E-state index in [0.717, 1.165) is 25.7 Å². The van der Waals surface area contributed by atoms with Crippen LogP contribution in [0.5, 0.6) is 0 Å². The van der Waals surface area contributed by atoms with Gasteiger partial charge < -0.3 is 10.2 Å². The summed E-state index contributed by atoms with van der Waals surface area (Å²) in [7, 11) is 0. The zero-order valence-electron chi connectivity index (χ0n) is 16.2. The second-order valence-corrected chi connectivity index (χ2v) is 12.6. The van der Waals surface area contributed by atoms with E-state index in [1.54, 1.807) is 0 Å². The molecule has 0 radical (unpaired) electrons. The van der Waals surface area contributed by atoms with Gasteiger partial charge in [0.2, 0.25) is 0 Å². The molecule has 0 amide bonds. The number of hydrogen-bond donors (Lipinski definition) is 2. The number of aliphatic hydroxyl groups is 2. The Labute approximate surface area is 167 Å². The molecule has 4 aliphatic rings. The molecule has 0 aromatic rings. The lowest BCUT2D eigenvalue weighted by molar-refractivity contribution is 0.000262. The van der Waals surface area contributed by atoms with E-state index in [1.165, 1.54) is 38.5 Å². The van der Waals surface area contributed by atoms with Gasteiger partial charge >= 0.3 is 0 Å². The fourth-order valence-electron chi connectivity index (χ4n) is 5.99. The van der Waals surface area contributed by atoms with Crippen molar-refractivity contribution in [2.75, 3.05) is 0 Å². The fraction of sp³-hybridized carbons (Fsp3) is 0.909. The monoisotopic (exact) mass is 394 g/mol. The van der Waals surface area contributed by atoms with Gasteiger partial charge in [0.05, 0.1) is 0 Å². The Bertz CT molecular complexity index is 536. The lowest BCUT2D eigenvalue weighted by Crippen LogP contribution is -2.52. The minimum absolute atomic E-state index is 0.283. The van der Waals surface area contributed by atoms with Crippen LogP contribution in [0.15, 0.2) is 0 Å². The molecule has 4 heteroatoms. The van der Waals surface area contributed by atoms with E-state index in [1.807, 2.05) is 0 Å². The Hall–Kier alpha value is 0.180. The number of fused-ring (bicyclic) bond motifs is 2. The molecule has 26 heavy (non-hydrogen) atoms. The number of thioether (sulfide) groups is 2. The highest BCUT2D eigenvalue weighted by atomic mass is 32.2. The summed E-state index contributed by atoms with van der Waals surface area (Å²) < 4.78 is 0. The highest BCUT2D eigenvalue weighted by molar-refractivity contribution is 8.00. The third-order valence-electron chi connectivity index (χ3n) is 7.14. The molecule has 2 aliphatic heterocycles. The molecule has 146 valence electrons. The van der Waals surface area contributed by atoms with E-state index < -0.39 is 11.2 Å². The van der Waals surface area contributed by atoms with Crippen molar-refractivity contribution in [1.82, 2.24) is 0 Å². The maximum absolute atomic E-state index is 11.5. The minimum Gasteiger partial charge on any atom is -0.377 e. The first-order valence-electron chi connectivity index (χ1n) is 10.7. The average Bonchev–Trinajstić information content (AvgIpc) is 2.60. The Morgan fingerprint density at radius 3 is 1.50 bits per heavy atom. The molecule has 2 saturated heterocycles. The van der Waals surface area contributed by atoms with Crippen molar-refractivity contribution in [2.45, 2.75) is 110 Å². The van der Waals surface area contributed by atoms with Gasteiger partial charge in [-0.3, -0.25) is 0 Å². The summed E-state index contributed by atoms with van der Waals surface area (Å²) in [4.78, 5) is 0. The van der Waals surface area contributed by atoms with E-state index in [-0.39, 0.29) is 11.8 Å².